The van der Waals surface area contributed by atoms with Crippen molar-refractivity contribution in [3.8, 4) is 0 Å². The van der Waals surface area contributed by atoms with Crippen LogP contribution in [0.1, 0.15) is 23.1 Å². The summed E-state index contributed by atoms with van der Waals surface area (Å²) in [6, 6.07) is 31.1. The van der Waals surface area contributed by atoms with E-state index in [1.807, 2.05) is 36.6 Å². The first-order chi connectivity index (χ1) is 13.8. The predicted octanol–water partition coefficient (Wildman–Crippen LogP) is 5.58. The SMILES string of the molecule is CSC(C(=O)CCc1ccccc1)N(Cc1ccccc1)Cc1ccccc1. The van der Waals surface area contributed by atoms with Gasteiger partial charge in [0.15, 0.2) is 5.78 Å². The maximum atomic E-state index is 13.1. The number of carbonyl (C=O) groups is 1. The molecular formula is C25H27NOS. The highest BCUT2D eigenvalue weighted by molar-refractivity contribution is 7.99. The lowest BCUT2D eigenvalue weighted by molar-refractivity contribution is -0.121. The van der Waals surface area contributed by atoms with Crippen molar-refractivity contribution in [2.24, 2.45) is 0 Å². The van der Waals surface area contributed by atoms with Gasteiger partial charge in [0.05, 0.1) is 0 Å². The lowest BCUT2D eigenvalue weighted by Gasteiger charge is -2.30. The van der Waals surface area contributed by atoms with Crippen molar-refractivity contribution in [2.45, 2.75) is 31.3 Å². The van der Waals surface area contributed by atoms with E-state index in [9.17, 15) is 4.79 Å². The minimum absolute atomic E-state index is 0.149. The number of benzene rings is 3. The van der Waals surface area contributed by atoms with Crippen molar-refractivity contribution in [1.82, 2.24) is 4.90 Å². The van der Waals surface area contributed by atoms with Crippen molar-refractivity contribution < 1.29 is 4.79 Å². The minimum Gasteiger partial charge on any atom is -0.297 e. The Labute approximate surface area is 172 Å². The number of ketones is 1. The Kier molecular flexibility index (Phi) is 7.89. The Morgan fingerprint density at radius 1 is 0.750 bits per heavy atom. The number of thioether (sulfide) groups is 1. The zero-order chi connectivity index (χ0) is 19.6. The van der Waals surface area contributed by atoms with Crippen LogP contribution in [0.2, 0.25) is 0 Å². The fraction of sp³-hybridized carbons (Fsp3) is 0.240. The van der Waals surface area contributed by atoms with Gasteiger partial charge in [0, 0.05) is 19.5 Å². The van der Waals surface area contributed by atoms with Crippen molar-refractivity contribution in [1.29, 1.82) is 0 Å². The number of hydrogen-bond acceptors (Lipinski definition) is 3. The van der Waals surface area contributed by atoms with Gasteiger partial charge in [-0.15, -0.1) is 11.8 Å². The summed E-state index contributed by atoms with van der Waals surface area (Å²) in [6.45, 7) is 1.52. The zero-order valence-electron chi connectivity index (χ0n) is 16.3. The van der Waals surface area contributed by atoms with Gasteiger partial charge in [0.2, 0.25) is 0 Å². The van der Waals surface area contributed by atoms with Crippen molar-refractivity contribution in [2.75, 3.05) is 6.26 Å². The number of hydrogen-bond donors (Lipinski definition) is 0. The van der Waals surface area contributed by atoms with Gasteiger partial charge < -0.3 is 0 Å². The number of aryl methyl sites for hydroxylation is 1. The summed E-state index contributed by atoms with van der Waals surface area (Å²) in [5.74, 6) is 0.295. The van der Waals surface area contributed by atoms with Gasteiger partial charge in [-0.1, -0.05) is 91.0 Å². The molecule has 2 nitrogen and oxygen atoms in total. The first-order valence-corrected chi connectivity index (χ1v) is 11.0. The van der Waals surface area contributed by atoms with Crippen molar-refractivity contribution in [3.05, 3.63) is 108 Å². The van der Waals surface area contributed by atoms with Crippen molar-refractivity contribution >= 4 is 17.5 Å². The number of rotatable bonds is 10. The molecule has 0 fully saturated rings. The third-order valence-corrected chi connectivity index (χ3v) is 5.80. The van der Waals surface area contributed by atoms with E-state index < -0.39 is 0 Å². The molecule has 0 amide bonds. The monoisotopic (exact) mass is 389 g/mol. The summed E-state index contributed by atoms with van der Waals surface area (Å²) in [7, 11) is 0. The number of nitrogens with zero attached hydrogens (tertiary/aromatic N) is 1. The molecule has 0 bridgehead atoms. The van der Waals surface area contributed by atoms with Crippen LogP contribution in [0.15, 0.2) is 91.0 Å². The van der Waals surface area contributed by atoms with Gasteiger partial charge in [0.1, 0.15) is 5.37 Å². The third-order valence-electron chi connectivity index (χ3n) is 4.79. The molecule has 144 valence electrons. The van der Waals surface area contributed by atoms with Gasteiger partial charge in [-0.2, -0.15) is 0 Å². The second-order valence-corrected chi connectivity index (χ2v) is 7.83. The second kappa shape index (κ2) is 10.8. The Bertz CT molecular complexity index is 795. The van der Waals surface area contributed by atoms with Crippen LogP contribution < -0.4 is 0 Å². The van der Waals surface area contributed by atoms with Gasteiger partial charge >= 0.3 is 0 Å². The summed E-state index contributed by atoms with van der Waals surface area (Å²) in [5, 5.41) is -0.149. The second-order valence-electron chi connectivity index (χ2n) is 6.92. The first kappa shape index (κ1) is 20.4. The van der Waals surface area contributed by atoms with Crippen LogP contribution >= 0.6 is 11.8 Å². The fourth-order valence-electron chi connectivity index (χ4n) is 3.38. The number of Topliss-reactive ketones (excluding diaryl/α,β-unsaturated/α-hetero) is 1. The molecule has 1 unspecified atom stereocenters. The average Bonchev–Trinajstić information content (AvgIpc) is 2.75. The standard InChI is InChI=1S/C25H27NOS/c1-28-25(24(27)18-17-21-11-5-2-6-12-21)26(19-22-13-7-3-8-14-22)20-23-15-9-4-10-16-23/h2-16,25H,17-20H2,1H3. The molecule has 0 aliphatic heterocycles. The quantitative estimate of drug-likeness (QED) is 0.422. The Morgan fingerprint density at radius 3 is 1.61 bits per heavy atom. The van der Waals surface area contributed by atoms with Crippen LogP contribution in [0, 0.1) is 0 Å². The van der Waals surface area contributed by atoms with E-state index in [2.05, 4.69) is 65.6 Å². The van der Waals surface area contributed by atoms with Gasteiger partial charge in [-0.25, -0.2) is 0 Å². The molecule has 0 saturated heterocycles. The normalized spacial score (nSPS) is 12.1. The smallest absolute Gasteiger partial charge is 0.160 e. The largest absolute Gasteiger partial charge is 0.297 e. The van der Waals surface area contributed by atoms with Gasteiger partial charge in [0.25, 0.3) is 0 Å². The average molecular weight is 390 g/mol. The zero-order valence-corrected chi connectivity index (χ0v) is 17.1. The molecule has 0 heterocycles. The maximum Gasteiger partial charge on any atom is 0.160 e. The summed E-state index contributed by atoms with van der Waals surface area (Å²) in [5.41, 5.74) is 3.68. The van der Waals surface area contributed by atoms with Gasteiger partial charge in [-0.3, -0.25) is 9.69 Å². The lowest BCUT2D eigenvalue weighted by atomic mass is 10.1. The van der Waals surface area contributed by atoms with E-state index in [4.69, 9.17) is 0 Å². The lowest BCUT2D eigenvalue weighted by Crippen LogP contribution is -2.38. The molecule has 0 radical (unpaired) electrons. The molecule has 0 N–H and O–H groups in total. The van der Waals surface area contributed by atoms with E-state index in [0.717, 1.165) is 19.5 Å². The van der Waals surface area contributed by atoms with E-state index in [0.29, 0.717) is 12.2 Å². The molecule has 0 spiro atoms. The molecule has 1 atom stereocenters. The van der Waals surface area contributed by atoms with E-state index in [-0.39, 0.29) is 5.37 Å². The Hall–Kier alpha value is -2.36. The molecule has 0 aromatic heterocycles. The van der Waals surface area contributed by atoms with E-state index in [1.165, 1.54) is 16.7 Å². The van der Waals surface area contributed by atoms with Crippen LogP contribution in [0.25, 0.3) is 0 Å². The van der Waals surface area contributed by atoms with Crippen molar-refractivity contribution in [3.63, 3.8) is 0 Å². The molecular weight excluding hydrogens is 362 g/mol. The number of carbonyl (C=O) groups excluding carboxylic acids is 1. The van der Waals surface area contributed by atoms with Crippen LogP contribution in [0.5, 0.6) is 0 Å². The van der Waals surface area contributed by atoms with Crippen LogP contribution in [-0.2, 0) is 24.3 Å². The summed E-state index contributed by atoms with van der Waals surface area (Å²) < 4.78 is 0. The molecule has 28 heavy (non-hydrogen) atoms. The minimum atomic E-state index is -0.149. The maximum absolute atomic E-state index is 13.1. The molecule has 0 aliphatic rings. The molecule has 3 rings (SSSR count). The van der Waals surface area contributed by atoms with Crippen LogP contribution in [0.3, 0.4) is 0 Å². The molecule has 3 aromatic carbocycles. The Balaban J connectivity index is 1.74. The van der Waals surface area contributed by atoms with Gasteiger partial charge in [-0.05, 0) is 29.4 Å². The highest BCUT2D eigenvalue weighted by atomic mass is 32.2. The highest BCUT2D eigenvalue weighted by Crippen LogP contribution is 2.22. The summed E-state index contributed by atoms with van der Waals surface area (Å²) in [4.78, 5) is 15.4. The molecule has 3 heteroatoms. The molecule has 0 saturated carbocycles. The molecule has 3 aromatic rings. The third kappa shape index (κ3) is 6.08. The Morgan fingerprint density at radius 2 is 1.18 bits per heavy atom. The topological polar surface area (TPSA) is 20.3 Å². The summed E-state index contributed by atoms with van der Waals surface area (Å²) in [6.07, 6.45) is 3.39. The van der Waals surface area contributed by atoms with Crippen LogP contribution in [-0.4, -0.2) is 22.3 Å². The highest BCUT2D eigenvalue weighted by Gasteiger charge is 2.25. The van der Waals surface area contributed by atoms with E-state index in [1.54, 1.807) is 11.8 Å². The predicted molar refractivity (Wildman–Crippen MR) is 119 cm³/mol. The first-order valence-electron chi connectivity index (χ1n) is 9.67. The van der Waals surface area contributed by atoms with E-state index >= 15 is 0 Å². The fourth-order valence-corrected chi connectivity index (χ4v) is 4.21. The van der Waals surface area contributed by atoms with Crippen LogP contribution in [0.4, 0.5) is 0 Å². The molecule has 0 aliphatic carbocycles. The summed E-state index contributed by atoms with van der Waals surface area (Å²) >= 11 is 1.64.